The Morgan fingerprint density at radius 2 is 1.06 bits per heavy atom. The number of nitrogens with zero attached hydrogens (tertiary/aromatic N) is 4. The largest absolute Gasteiger partial charge is 0.796 e. The Kier molecular flexibility index (Phi) is 8.52. The first-order chi connectivity index (χ1) is 16.6. The molecule has 3 aromatic carbocycles. The smallest absolute Gasteiger partial charge is 0.505 e. The number of aliphatic imine (C=N–C) groups is 1. The van der Waals surface area contributed by atoms with Crippen molar-refractivity contribution in [2.75, 3.05) is 57.0 Å². The van der Waals surface area contributed by atoms with Crippen LogP contribution in [0, 0.1) is 0 Å². The lowest BCUT2D eigenvalue weighted by atomic mass is 10.0. The summed E-state index contributed by atoms with van der Waals surface area (Å²) in [6.45, 7) is 0. The van der Waals surface area contributed by atoms with Gasteiger partial charge in [-0.2, -0.15) is 0 Å². The van der Waals surface area contributed by atoms with Gasteiger partial charge in [0.2, 0.25) is 0 Å². The summed E-state index contributed by atoms with van der Waals surface area (Å²) in [6.07, 6.45) is 1.57. The first-order valence-electron chi connectivity index (χ1n) is 11.2. The van der Waals surface area contributed by atoms with Crippen molar-refractivity contribution in [3.8, 4) is 0 Å². The molecular weight excluding hydrogens is 445 g/mol. The van der Waals surface area contributed by atoms with Gasteiger partial charge in [0.1, 0.15) is 5.76 Å². The number of hydrogen-bond donors (Lipinski definition) is 0. The van der Waals surface area contributed by atoms with Gasteiger partial charge in [0.15, 0.2) is 0 Å². The van der Waals surface area contributed by atoms with Crippen LogP contribution in [0.4, 0.5) is 31.4 Å². The number of benzene rings is 3. The van der Waals surface area contributed by atoms with E-state index in [4.69, 9.17) is 9.65 Å². The molecule has 0 aliphatic rings. The number of hydrogen-bond acceptors (Lipinski definition) is 5. The quantitative estimate of drug-likeness (QED) is 0.216. The van der Waals surface area contributed by atoms with Crippen LogP contribution in [-0.4, -0.2) is 55.5 Å². The predicted molar refractivity (Wildman–Crippen MR) is 146 cm³/mol. The van der Waals surface area contributed by atoms with Gasteiger partial charge in [-0.1, -0.05) is 12.1 Å². The molecule has 0 unspecified atom stereocenters. The molecule has 0 aromatic heterocycles. The van der Waals surface area contributed by atoms with E-state index in [9.17, 15) is 8.63 Å². The molecule has 3 rings (SSSR count). The van der Waals surface area contributed by atoms with E-state index in [1.165, 1.54) is 0 Å². The number of anilines is 3. The normalized spacial score (nSPS) is 11.8. The zero-order valence-corrected chi connectivity index (χ0v) is 21.0. The average molecular weight is 476 g/mol. The molecule has 0 atom stereocenters. The number of rotatable bonds is 9. The van der Waals surface area contributed by atoms with Crippen molar-refractivity contribution < 1.29 is 13.3 Å². The van der Waals surface area contributed by atoms with Gasteiger partial charge in [-0.05, 0) is 60.7 Å². The second kappa shape index (κ2) is 11.6. The van der Waals surface area contributed by atoms with E-state index in [0.29, 0.717) is 17.0 Å². The van der Waals surface area contributed by atoms with Crippen LogP contribution in [0.5, 0.6) is 0 Å². The van der Waals surface area contributed by atoms with E-state index >= 15 is 0 Å². The maximum absolute atomic E-state index is 13.4. The molecule has 3 aromatic rings. The lowest BCUT2D eigenvalue weighted by Crippen LogP contribution is -2.10. The Morgan fingerprint density at radius 1 is 0.657 bits per heavy atom. The van der Waals surface area contributed by atoms with Crippen LogP contribution in [0.2, 0.25) is 0 Å². The van der Waals surface area contributed by atoms with Crippen LogP contribution in [-0.2, 0) is 4.65 Å². The van der Waals surface area contributed by atoms with Crippen molar-refractivity contribution in [2.24, 2.45) is 4.99 Å². The molecule has 0 fully saturated rings. The Hall–Kier alpha value is -3.81. The van der Waals surface area contributed by atoms with E-state index in [0.717, 1.165) is 22.6 Å². The molecule has 5 nitrogen and oxygen atoms in total. The molecule has 0 aliphatic heterocycles. The molecule has 0 heterocycles. The molecule has 0 aliphatic carbocycles. The van der Waals surface area contributed by atoms with Crippen molar-refractivity contribution in [3.05, 3.63) is 90.0 Å². The molecule has 0 radical (unpaired) electrons. The summed E-state index contributed by atoms with van der Waals surface area (Å²) >= 11 is 0. The van der Waals surface area contributed by atoms with Gasteiger partial charge in [0.25, 0.3) is 0 Å². The average Bonchev–Trinajstić information content (AvgIpc) is 2.83. The Labute approximate surface area is 207 Å². The van der Waals surface area contributed by atoms with Crippen LogP contribution in [0.3, 0.4) is 0 Å². The van der Waals surface area contributed by atoms with E-state index in [-0.39, 0.29) is 5.76 Å². The van der Waals surface area contributed by atoms with Crippen molar-refractivity contribution in [2.45, 2.75) is 0 Å². The highest BCUT2D eigenvalue weighted by atomic mass is 19.2. The molecule has 8 heteroatoms. The highest BCUT2D eigenvalue weighted by Crippen LogP contribution is 2.25. The fraction of sp³-hybridized carbons (Fsp3) is 0.222. The van der Waals surface area contributed by atoms with Crippen molar-refractivity contribution in [3.63, 3.8) is 0 Å². The summed E-state index contributed by atoms with van der Waals surface area (Å²) in [5.41, 5.74) is 5.57. The topological polar surface area (TPSA) is 31.3 Å². The van der Waals surface area contributed by atoms with Crippen molar-refractivity contribution in [1.82, 2.24) is 0 Å². The second-order valence-corrected chi connectivity index (χ2v) is 8.68. The minimum Gasteiger partial charge on any atom is -0.505 e. The molecule has 35 heavy (non-hydrogen) atoms. The summed E-state index contributed by atoms with van der Waals surface area (Å²) in [5, 5.41) is 0. The molecule has 0 bridgehead atoms. The molecule has 0 saturated heterocycles. The Bertz CT molecular complexity index is 1160. The third-order valence-electron chi connectivity index (χ3n) is 5.45. The number of allylic oxidation sites excluding steroid dienone is 1. The monoisotopic (exact) mass is 476 g/mol. The highest BCUT2D eigenvalue weighted by molar-refractivity contribution is 6.36. The van der Waals surface area contributed by atoms with Gasteiger partial charge in [-0.3, -0.25) is 0 Å². The first kappa shape index (κ1) is 25.8. The molecule has 0 amide bonds. The molecule has 0 saturated carbocycles. The van der Waals surface area contributed by atoms with Crippen molar-refractivity contribution >= 4 is 41.7 Å². The Morgan fingerprint density at radius 3 is 1.46 bits per heavy atom. The molecular formula is C27H31BF2N4O. The standard InChI is InChI=1S/C27H31BF2N4O/c1-32(2)23-13-7-20(8-14-23)26(31-22-11-17-25(18-12-22)34(5)6)19-27(35-28(29)30)21-9-15-24(16-10-21)33(3)4/h7-19H,1-6H3/b27-19-,31-26?. The molecule has 182 valence electrons. The fourth-order valence-corrected chi connectivity index (χ4v) is 3.40. The Balaban J connectivity index is 2.11. The van der Waals surface area contributed by atoms with Crippen LogP contribution >= 0.6 is 0 Å². The summed E-state index contributed by atoms with van der Waals surface area (Å²) in [7, 11) is 8.73. The van der Waals surface area contributed by atoms with Crippen LogP contribution in [0.15, 0.2) is 83.9 Å². The van der Waals surface area contributed by atoms with Crippen molar-refractivity contribution in [1.29, 1.82) is 0 Å². The highest BCUT2D eigenvalue weighted by Gasteiger charge is 2.21. The lowest BCUT2D eigenvalue weighted by Gasteiger charge is -2.15. The summed E-state index contributed by atoms with van der Waals surface area (Å²) in [4.78, 5) is 10.7. The van der Waals surface area contributed by atoms with Crippen LogP contribution < -0.4 is 14.7 Å². The van der Waals surface area contributed by atoms with E-state index in [1.807, 2.05) is 118 Å². The third-order valence-corrected chi connectivity index (χ3v) is 5.45. The maximum Gasteiger partial charge on any atom is 0.796 e. The van der Waals surface area contributed by atoms with Gasteiger partial charge in [-0.25, -0.2) is 13.6 Å². The van der Waals surface area contributed by atoms with E-state index in [2.05, 4.69) is 0 Å². The van der Waals surface area contributed by atoms with Gasteiger partial charge in [0.05, 0.1) is 11.4 Å². The maximum atomic E-state index is 13.4. The van der Waals surface area contributed by atoms with Gasteiger partial charge >= 0.3 is 7.47 Å². The van der Waals surface area contributed by atoms with E-state index < -0.39 is 7.47 Å². The van der Waals surface area contributed by atoms with Gasteiger partial charge in [-0.15, -0.1) is 0 Å². The second-order valence-electron chi connectivity index (χ2n) is 8.68. The predicted octanol–water partition coefficient (Wildman–Crippen LogP) is 5.99. The summed E-state index contributed by atoms with van der Waals surface area (Å²) in [5.74, 6) is 0.0469. The molecule has 0 spiro atoms. The third kappa shape index (κ3) is 7.09. The minimum atomic E-state index is -2.97. The fourth-order valence-electron chi connectivity index (χ4n) is 3.40. The first-order valence-corrected chi connectivity index (χ1v) is 11.2. The zero-order chi connectivity index (χ0) is 25.5. The summed E-state index contributed by atoms with van der Waals surface area (Å²) < 4.78 is 31.8. The van der Waals surface area contributed by atoms with Crippen LogP contribution in [0.1, 0.15) is 11.1 Å². The van der Waals surface area contributed by atoms with Gasteiger partial charge < -0.3 is 19.4 Å². The number of halogens is 2. The van der Waals surface area contributed by atoms with Gasteiger partial charge in [0, 0.05) is 76.6 Å². The molecule has 0 N–H and O–H groups in total. The SMILES string of the molecule is CN(C)c1ccc(N=C(/C=C(\OB(F)F)c2ccc(N(C)C)cc2)c2ccc(N(C)C)cc2)cc1. The summed E-state index contributed by atoms with van der Waals surface area (Å²) in [6, 6.07) is 22.8. The zero-order valence-electron chi connectivity index (χ0n) is 21.0. The lowest BCUT2D eigenvalue weighted by molar-refractivity contribution is 0.397. The van der Waals surface area contributed by atoms with E-state index in [1.54, 1.807) is 18.2 Å². The minimum absolute atomic E-state index is 0.0469. The van der Waals surface area contributed by atoms with Crippen LogP contribution in [0.25, 0.3) is 5.76 Å².